The lowest BCUT2D eigenvalue weighted by atomic mass is 10.2. The molecule has 0 N–H and O–H groups in total. The first-order valence-electron chi connectivity index (χ1n) is 7.18. The second kappa shape index (κ2) is 9.83. The number of hydrogen-bond acceptors (Lipinski definition) is 7. The molecule has 1 rings (SSSR count). The summed E-state index contributed by atoms with van der Waals surface area (Å²) in [4.78, 5) is 34.2. The van der Waals surface area contributed by atoms with E-state index in [0.717, 1.165) is 4.90 Å². The Labute approximate surface area is 138 Å². The molecule has 0 saturated heterocycles. The number of benzene rings is 1. The highest BCUT2D eigenvalue weighted by Crippen LogP contribution is 2.29. The zero-order valence-electron chi connectivity index (χ0n) is 13.0. The molecule has 0 amide bonds. The molecule has 0 spiro atoms. The van der Waals surface area contributed by atoms with Crippen LogP contribution in [0, 0.1) is 10.1 Å². The molecule has 7 nitrogen and oxygen atoms in total. The van der Waals surface area contributed by atoms with Crippen LogP contribution >= 0.6 is 11.8 Å². The number of carbonyl (C=O) groups is 2. The lowest BCUT2D eigenvalue weighted by Gasteiger charge is -2.15. The molecule has 0 fully saturated rings. The third-order valence-corrected chi connectivity index (χ3v) is 3.96. The number of nitrogens with zero attached hydrogens (tertiary/aromatic N) is 1. The van der Waals surface area contributed by atoms with Crippen LogP contribution in [-0.2, 0) is 19.1 Å². The van der Waals surface area contributed by atoms with E-state index in [-0.39, 0.29) is 37.0 Å². The highest BCUT2D eigenvalue weighted by atomic mass is 32.2. The number of carbonyl (C=O) groups excluding carboxylic acids is 2. The lowest BCUT2D eigenvalue weighted by Crippen LogP contribution is -2.18. The summed E-state index contributed by atoms with van der Waals surface area (Å²) in [5.74, 6) is -0.785. The van der Waals surface area contributed by atoms with Crippen LogP contribution in [0.3, 0.4) is 0 Å². The van der Waals surface area contributed by atoms with Crippen LogP contribution in [0.5, 0.6) is 0 Å². The molecule has 0 heterocycles. The minimum atomic E-state index is -0.483. The van der Waals surface area contributed by atoms with Crippen LogP contribution in [0.15, 0.2) is 29.2 Å². The van der Waals surface area contributed by atoms with Crippen molar-refractivity contribution in [3.05, 3.63) is 34.4 Å². The largest absolute Gasteiger partial charge is 0.466 e. The molecule has 0 unspecified atom stereocenters. The topological polar surface area (TPSA) is 95.7 Å². The average molecular weight is 341 g/mol. The van der Waals surface area contributed by atoms with E-state index in [4.69, 9.17) is 9.47 Å². The van der Waals surface area contributed by atoms with E-state index < -0.39 is 16.9 Å². The van der Waals surface area contributed by atoms with Gasteiger partial charge in [-0.15, -0.1) is 11.8 Å². The maximum Gasteiger partial charge on any atom is 0.306 e. The average Bonchev–Trinajstić information content (AvgIpc) is 2.48. The maximum absolute atomic E-state index is 11.6. The monoisotopic (exact) mass is 341 g/mol. The molecular weight excluding hydrogens is 322 g/mol. The normalized spacial score (nSPS) is 10.4. The molecule has 126 valence electrons. The number of nitro benzene ring substituents is 1. The van der Waals surface area contributed by atoms with Gasteiger partial charge in [-0.2, -0.15) is 0 Å². The lowest BCUT2D eigenvalue weighted by molar-refractivity contribution is -0.384. The number of non-ortho nitro benzene ring substituents is 1. The second-order valence-electron chi connectivity index (χ2n) is 4.51. The van der Waals surface area contributed by atoms with E-state index >= 15 is 0 Å². The van der Waals surface area contributed by atoms with Crippen molar-refractivity contribution in [3.8, 4) is 0 Å². The van der Waals surface area contributed by atoms with E-state index in [2.05, 4.69) is 0 Å². The molecule has 0 bridgehead atoms. The predicted molar refractivity (Wildman–Crippen MR) is 85.2 cm³/mol. The molecule has 0 aliphatic rings. The first-order chi connectivity index (χ1) is 11.0. The summed E-state index contributed by atoms with van der Waals surface area (Å²) in [6, 6.07) is 5.94. The minimum absolute atomic E-state index is 0.0123. The van der Waals surface area contributed by atoms with E-state index in [0.29, 0.717) is 0 Å². The van der Waals surface area contributed by atoms with Crippen LogP contribution in [0.25, 0.3) is 0 Å². The standard InChI is InChI=1S/C15H19NO6S/c1-3-21-14(17)9-13(10-15(18)22-4-2)23-12-7-5-11(6-8-12)16(19)20/h5-8,13H,3-4,9-10H2,1-2H3. The van der Waals surface area contributed by atoms with Crippen LogP contribution in [-0.4, -0.2) is 35.3 Å². The van der Waals surface area contributed by atoms with Crippen molar-refractivity contribution in [2.24, 2.45) is 0 Å². The van der Waals surface area contributed by atoms with Gasteiger partial charge in [0.2, 0.25) is 0 Å². The summed E-state index contributed by atoms with van der Waals surface area (Å²) < 4.78 is 9.82. The zero-order chi connectivity index (χ0) is 17.2. The van der Waals surface area contributed by atoms with Gasteiger partial charge in [0.15, 0.2) is 0 Å². The Hall–Kier alpha value is -2.09. The number of nitro groups is 1. The van der Waals surface area contributed by atoms with Gasteiger partial charge in [0.25, 0.3) is 5.69 Å². The fourth-order valence-electron chi connectivity index (χ4n) is 1.81. The van der Waals surface area contributed by atoms with Crippen LogP contribution in [0.2, 0.25) is 0 Å². The number of thioether (sulfide) groups is 1. The van der Waals surface area contributed by atoms with E-state index in [1.165, 1.54) is 23.9 Å². The molecule has 0 saturated carbocycles. The maximum atomic E-state index is 11.6. The van der Waals surface area contributed by atoms with Crippen molar-refractivity contribution in [2.45, 2.75) is 36.8 Å². The highest BCUT2D eigenvalue weighted by Gasteiger charge is 2.21. The summed E-state index contributed by atoms with van der Waals surface area (Å²) in [7, 11) is 0. The van der Waals surface area contributed by atoms with Crippen molar-refractivity contribution in [1.82, 2.24) is 0 Å². The van der Waals surface area contributed by atoms with Crippen molar-refractivity contribution < 1.29 is 24.0 Å². The Kier molecular flexibility index (Phi) is 8.10. The molecule has 0 aromatic heterocycles. The number of esters is 2. The van der Waals surface area contributed by atoms with Crippen molar-refractivity contribution in [1.29, 1.82) is 0 Å². The molecule has 1 aromatic carbocycles. The van der Waals surface area contributed by atoms with Gasteiger partial charge in [-0.05, 0) is 26.0 Å². The summed E-state index contributed by atoms with van der Waals surface area (Å²) in [5, 5.41) is 10.3. The number of rotatable bonds is 9. The molecule has 0 aliphatic heterocycles. The van der Waals surface area contributed by atoms with Gasteiger partial charge in [-0.1, -0.05) is 0 Å². The predicted octanol–water partition coefficient (Wildman–Crippen LogP) is 2.96. The molecular formula is C15H19NO6S. The molecule has 0 aliphatic carbocycles. The quantitative estimate of drug-likeness (QED) is 0.295. The van der Waals surface area contributed by atoms with Gasteiger partial charge < -0.3 is 9.47 Å². The van der Waals surface area contributed by atoms with E-state index in [1.807, 2.05) is 0 Å². The van der Waals surface area contributed by atoms with Gasteiger partial charge in [0.1, 0.15) is 0 Å². The fourth-order valence-corrected chi connectivity index (χ4v) is 2.92. The van der Waals surface area contributed by atoms with Gasteiger partial charge >= 0.3 is 11.9 Å². The third-order valence-electron chi connectivity index (χ3n) is 2.75. The van der Waals surface area contributed by atoms with Crippen molar-refractivity contribution in [2.75, 3.05) is 13.2 Å². The first-order valence-corrected chi connectivity index (χ1v) is 8.06. The Morgan fingerprint density at radius 3 is 1.96 bits per heavy atom. The highest BCUT2D eigenvalue weighted by molar-refractivity contribution is 8.00. The molecule has 23 heavy (non-hydrogen) atoms. The Morgan fingerprint density at radius 1 is 1.09 bits per heavy atom. The molecule has 8 heteroatoms. The van der Waals surface area contributed by atoms with Gasteiger partial charge in [-0.3, -0.25) is 19.7 Å². The van der Waals surface area contributed by atoms with E-state index in [9.17, 15) is 19.7 Å². The fraction of sp³-hybridized carbons (Fsp3) is 0.467. The Balaban J connectivity index is 2.75. The summed E-state index contributed by atoms with van der Waals surface area (Å²) in [6.45, 7) is 3.96. The Bertz CT molecular complexity index is 525. The van der Waals surface area contributed by atoms with Gasteiger partial charge in [-0.25, -0.2) is 0 Å². The number of hydrogen-bond donors (Lipinski definition) is 0. The zero-order valence-corrected chi connectivity index (χ0v) is 13.8. The Morgan fingerprint density at radius 2 is 1.57 bits per heavy atom. The SMILES string of the molecule is CCOC(=O)CC(CC(=O)OCC)Sc1ccc([N+](=O)[O-])cc1. The third kappa shape index (κ3) is 7.14. The van der Waals surface area contributed by atoms with Crippen molar-refractivity contribution >= 4 is 29.4 Å². The van der Waals surface area contributed by atoms with Gasteiger partial charge in [0.05, 0.1) is 31.0 Å². The smallest absolute Gasteiger partial charge is 0.306 e. The summed E-state index contributed by atoms with van der Waals surface area (Å²) in [5.41, 5.74) is -0.0123. The van der Waals surface area contributed by atoms with Crippen LogP contribution < -0.4 is 0 Å². The second-order valence-corrected chi connectivity index (χ2v) is 5.88. The number of ether oxygens (including phenoxy) is 2. The van der Waals surface area contributed by atoms with Crippen molar-refractivity contribution in [3.63, 3.8) is 0 Å². The van der Waals surface area contributed by atoms with E-state index in [1.54, 1.807) is 26.0 Å². The van der Waals surface area contributed by atoms with Gasteiger partial charge in [0, 0.05) is 22.3 Å². The molecule has 0 radical (unpaired) electrons. The molecule has 1 aromatic rings. The summed E-state index contributed by atoms with van der Waals surface area (Å²) >= 11 is 1.29. The van der Waals surface area contributed by atoms with Crippen LogP contribution in [0.1, 0.15) is 26.7 Å². The molecule has 0 atom stereocenters. The first kappa shape index (κ1) is 19.0. The van der Waals surface area contributed by atoms with Crippen LogP contribution in [0.4, 0.5) is 5.69 Å². The minimum Gasteiger partial charge on any atom is -0.466 e. The summed E-state index contributed by atoms with van der Waals surface area (Å²) in [6.07, 6.45) is 0.128.